The van der Waals surface area contributed by atoms with Crippen LogP contribution >= 0.6 is 0 Å². The fraction of sp³-hybridized carbons (Fsp3) is 0.333. The maximum absolute atomic E-state index is 11.1. The van der Waals surface area contributed by atoms with Gasteiger partial charge in [0.2, 0.25) is 5.91 Å². The van der Waals surface area contributed by atoms with Gasteiger partial charge in [0, 0.05) is 13.3 Å². The average molecular weight is 235 g/mol. The van der Waals surface area contributed by atoms with E-state index in [1.54, 1.807) is 6.07 Å². The summed E-state index contributed by atoms with van der Waals surface area (Å²) in [6.45, 7) is 1.29. The van der Waals surface area contributed by atoms with E-state index in [1.807, 2.05) is 18.2 Å². The third-order valence-corrected chi connectivity index (χ3v) is 2.67. The predicted molar refractivity (Wildman–Crippen MR) is 59.8 cm³/mol. The highest BCUT2D eigenvalue weighted by Crippen LogP contribution is 2.29. The summed E-state index contributed by atoms with van der Waals surface area (Å²) in [5.74, 6) is -0.774. The first-order valence-electron chi connectivity index (χ1n) is 5.32. The molecule has 90 valence electrons. The molecule has 2 rings (SSSR count). The van der Waals surface area contributed by atoms with Crippen LogP contribution in [0.15, 0.2) is 24.3 Å². The topological polar surface area (TPSA) is 75.6 Å². The lowest BCUT2D eigenvalue weighted by Crippen LogP contribution is -2.49. The maximum atomic E-state index is 11.1. The fourth-order valence-electron chi connectivity index (χ4n) is 1.93. The molecule has 0 bridgehead atoms. The van der Waals surface area contributed by atoms with E-state index in [0.717, 1.165) is 5.56 Å². The number of amides is 1. The van der Waals surface area contributed by atoms with Gasteiger partial charge in [-0.3, -0.25) is 4.79 Å². The summed E-state index contributed by atoms with van der Waals surface area (Å²) >= 11 is 0. The lowest BCUT2D eigenvalue weighted by Gasteiger charge is -2.19. The number of carbonyl (C=O) groups excluding carboxylic acids is 1. The predicted octanol–water partition coefficient (Wildman–Crippen LogP) is 0.579. The molecule has 0 spiro atoms. The Morgan fingerprint density at radius 3 is 2.76 bits per heavy atom. The molecule has 2 atom stereocenters. The zero-order valence-electron chi connectivity index (χ0n) is 9.34. The first kappa shape index (κ1) is 11.4. The van der Waals surface area contributed by atoms with Crippen molar-refractivity contribution < 1.29 is 19.4 Å². The van der Waals surface area contributed by atoms with Crippen LogP contribution in [0.2, 0.25) is 0 Å². The van der Waals surface area contributed by atoms with Crippen molar-refractivity contribution in [1.29, 1.82) is 0 Å². The lowest BCUT2D eigenvalue weighted by molar-refractivity contribution is -0.144. The van der Waals surface area contributed by atoms with Crippen LogP contribution in [-0.4, -0.2) is 29.1 Å². The number of hydrogen-bond donors (Lipinski definition) is 2. The van der Waals surface area contributed by atoms with Crippen LogP contribution in [0.25, 0.3) is 0 Å². The van der Waals surface area contributed by atoms with Gasteiger partial charge in [-0.1, -0.05) is 18.2 Å². The first-order valence-corrected chi connectivity index (χ1v) is 5.32. The van der Waals surface area contributed by atoms with E-state index in [-0.39, 0.29) is 5.91 Å². The molecule has 0 aromatic heterocycles. The number of carboxylic acids is 1. The maximum Gasteiger partial charge on any atom is 0.330 e. The molecule has 0 saturated heterocycles. The molecule has 1 aliphatic rings. The molecule has 1 aromatic carbocycles. The molecule has 2 N–H and O–H groups in total. The minimum atomic E-state index is -1.09. The molecular formula is C12H13NO4. The van der Waals surface area contributed by atoms with E-state index in [9.17, 15) is 9.59 Å². The Labute approximate surface area is 98.4 Å². The van der Waals surface area contributed by atoms with E-state index in [4.69, 9.17) is 9.84 Å². The van der Waals surface area contributed by atoms with Gasteiger partial charge in [-0.25, -0.2) is 4.79 Å². The SMILES string of the molecule is CC(=O)N[C@H](C(=O)O)[C@@H]1Cc2ccccc2O1. The monoisotopic (exact) mass is 235 g/mol. The van der Waals surface area contributed by atoms with Gasteiger partial charge in [-0.2, -0.15) is 0 Å². The van der Waals surface area contributed by atoms with Gasteiger partial charge in [0.1, 0.15) is 11.9 Å². The van der Waals surface area contributed by atoms with Crippen molar-refractivity contribution in [2.24, 2.45) is 0 Å². The summed E-state index contributed by atoms with van der Waals surface area (Å²) in [7, 11) is 0. The fourth-order valence-corrected chi connectivity index (χ4v) is 1.93. The van der Waals surface area contributed by atoms with E-state index in [1.165, 1.54) is 6.92 Å². The van der Waals surface area contributed by atoms with Crippen molar-refractivity contribution in [2.45, 2.75) is 25.5 Å². The van der Waals surface area contributed by atoms with Gasteiger partial charge in [0.05, 0.1) is 0 Å². The number of nitrogens with one attached hydrogen (secondary N) is 1. The Bertz CT molecular complexity index is 433. The van der Waals surface area contributed by atoms with Crippen molar-refractivity contribution >= 4 is 11.9 Å². The zero-order chi connectivity index (χ0) is 12.4. The van der Waals surface area contributed by atoms with Gasteiger partial charge >= 0.3 is 5.97 Å². The third-order valence-electron chi connectivity index (χ3n) is 2.67. The molecule has 1 heterocycles. The largest absolute Gasteiger partial charge is 0.487 e. The van der Waals surface area contributed by atoms with E-state index in [2.05, 4.69) is 5.32 Å². The van der Waals surface area contributed by atoms with Crippen LogP contribution in [0.3, 0.4) is 0 Å². The van der Waals surface area contributed by atoms with Gasteiger partial charge in [-0.15, -0.1) is 0 Å². The standard InChI is InChI=1S/C12H13NO4/c1-7(14)13-11(12(15)16)10-6-8-4-2-3-5-9(8)17-10/h2-5,10-11H,6H2,1H3,(H,13,14)(H,15,16)/t10-,11-/m0/s1. The first-order chi connectivity index (χ1) is 8.08. The smallest absolute Gasteiger partial charge is 0.330 e. The van der Waals surface area contributed by atoms with Crippen LogP contribution in [0.4, 0.5) is 0 Å². The molecule has 17 heavy (non-hydrogen) atoms. The van der Waals surface area contributed by atoms with Crippen molar-refractivity contribution in [3.63, 3.8) is 0 Å². The number of hydrogen-bond acceptors (Lipinski definition) is 3. The van der Waals surface area contributed by atoms with Crippen molar-refractivity contribution in [3.05, 3.63) is 29.8 Å². The Balaban J connectivity index is 2.14. The minimum Gasteiger partial charge on any atom is -0.487 e. The van der Waals surface area contributed by atoms with E-state index >= 15 is 0 Å². The number of fused-ring (bicyclic) bond motifs is 1. The summed E-state index contributed by atoms with van der Waals surface area (Å²) in [5.41, 5.74) is 0.967. The summed E-state index contributed by atoms with van der Waals surface area (Å²) in [6, 6.07) is 6.37. The second-order valence-corrected chi connectivity index (χ2v) is 3.98. The molecular weight excluding hydrogens is 222 g/mol. The average Bonchev–Trinajstić information content (AvgIpc) is 2.68. The summed E-state index contributed by atoms with van der Waals surface area (Å²) in [5, 5.41) is 11.5. The number of para-hydroxylation sites is 1. The van der Waals surface area contributed by atoms with Crippen molar-refractivity contribution in [3.8, 4) is 5.75 Å². The third kappa shape index (κ3) is 2.38. The van der Waals surface area contributed by atoms with Gasteiger partial charge in [-0.05, 0) is 11.6 Å². The van der Waals surface area contributed by atoms with E-state index < -0.39 is 18.1 Å². The van der Waals surface area contributed by atoms with Crippen molar-refractivity contribution in [1.82, 2.24) is 5.32 Å². The number of aliphatic carboxylic acids is 1. The van der Waals surface area contributed by atoms with Crippen LogP contribution in [0, 0.1) is 0 Å². The Hall–Kier alpha value is -2.04. The highest BCUT2D eigenvalue weighted by atomic mass is 16.5. The number of ether oxygens (including phenoxy) is 1. The molecule has 1 amide bonds. The molecule has 1 aromatic rings. The Morgan fingerprint density at radius 2 is 2.18 bits per heavy atom. The van der Waals surface area contributed by atoms with Crippen molar-refractivity contribution in [2.75, 3.05) is 0 Å². The van der Waals surface area contributed by atoms with Crippen LogP contribution in [-0.2, 0) is 16.0 Å². The zero-order valence-corrected chi connectivity index (χ0v) is 9.34. The normalized spacial score (nSPS) is 19.0. The minimum absolute atomic E-state index is 0.378. The Kier molecular flexibility index (Phi) is 2.99. The molecule has 0 fully saturated rings. The summed E-state index contributed by atoms with van der Waals surface area (Å²) in [4.78, 5) is 22.0. The molecule has 0 radical (unpaired) electrons. The highest BCUT2D eigenvalue weighted by molar-refractivity contribution is 5.82. The number of carboxylic acid groups (broad SMARTS) is 1. The summed E-state index contributed by atoms with van der Waals surface area (Å²) < 4.78 is 5.54. The second-order valence-electron chi connectivity index (χ2n) is 3.98. The molecule has 5 heteroatoms. The van der Waals surface area contributed by atoms with Crippen LogP contribution < -0.4 is 10.1 Å². The molecule has 1 aliphatic heterocycles. The number of carbonyl (C=O) groups is 2. The van der Waals surface area contributed by atoms with E-state index in [0.29, 0.717) is 12.2 Å². The van der Waals surface area contributed by atoms with Crippen LogP contribution in [0.5, 0.6) is 5.75 Å². The highest BCUT2D eigenvalue weighted by Gasteiger charge is 2.35. The molecule has 0 aliphatic carbocycles. The molecule has 5 nitrogen and oxygen atoms in total. The number of benzene rings is 1. The van der Waals surface area contributed by atoms with Crippen LogP contribution in [0.1, 0.15) is 12.5 Å². The van der Waals surface area contributed by atoms with Gasteiger partial charge in [0.15, 0.2) is 6.04 Å². The summed E-state index contributed by atoms with van der Waals surface area (Å²) in [6.07, 6.45) is -0.0539. The van der Waals surface area contributed by atoms with Gasteiger partial charge in [0.25, 0.3) is 0 Å². The Morgan fingerprint density at radius 1 is 1.47 bits per heavy atom. The quantitative estimate of drug-likeness (QED) is 0.803. The number of rotatable bonds is 3. The molecule has 0 unspecified atom stereocenters. The molecule has 0 saturated carbocycles. The lowest BCUT2D eigenvalue weighted by atomic mass is 10.0. The van der Waals surface area contributed by atoms with Gasteiger partial charge < -0.3 is 15.2 Å². The second kappa shape index (κ2) is 4.45.